The Kier molecular flexibility index (Phi) is 6.63. The number of carbonyl (C=O) groups excluding carboxylic acids is 1. The number of halogens is 1. The molecule has 0 bridgehead atoms. The van der Waals surface area contributed by atoms with Crippen molar-refractivity contribution in [1.82, 2.24) is 9.80 Å². The van der Waals surface area contributed by atoms with E-state index in [1.807, 2.05) is 31.3 Å². The van der Waals surface area contributed by atoms with E-state index in [4.69, 9.17) is 21.1 Å². The molecular formula is C20H25ClN2O3S. The van der Waals surface area contributed by atoms with Gasteiger partial charge in [-0.15, -0.1) is 11.3 Å². The van der Waals surface area contributed by atoms with E-state index in [2.05, 4.69) is 11.0 Å². The standard InChI is InChI=1S/C20H25ClN2O3S/c1-22(12-15-7-9-19(21)27-15)20(24)13-23-10-4-5-16(23)14-6-8-17(25-2)18(11-14)26-3/h6-9,11,16H,4-5,10,12-13H2,1-3H3. The minimum Gasteiger partial charge on any atom is -0.493 e. The summed E-state index contributed by atoms with van der Waals surface area (Å²) in [5.74, 6) is 1.56. The Morgan fingerprint density at radius 2 is 2.04 bits per heavy atom. The van der Waals surface area contributed by atoms with Crippen LogP contribution in [0.2, 0.25) is 4.34 Å². The number of carbonyl (C=O) groups is 1. The van der Waals surface area contributed by atoms with Gasteiger partial charge in [-0.05, 0) is 49.2 Å². The molecule has 3 rings (SSSR count). The van der Waals surface area contributed by atoms with Crippen LogP contribution < -0.4 is 9.47 Å². The van der Waals surface area contributed by atoms with Crippen LogP contribution >= 0.6 is 22.9 Å². The maximum absolute atomic E-state index is 12.7. The number of methoxy groups -OCH3 is 2. The molecule has 0 radical (unpaired) electrons. The molecule has 1 fully saturated rings. The molecule has 1 aromatic carbocycles. The van der Waals surface area contributed by atoms with Gasteiger partial charge in [-0.25, -0.2) is 0 Å². The number of likely N-dealkylation sites (tertiary alicyclic amines) is 1. The highest BCUT2D eigenvalue weighted by molar-refractivity contribution is 7.16. The highest BCUT2D eigenvalue weighted by Gasteiger charge is 2.29. The molecule has 5 nitrogen and oxygen atoms in total. The molecule has 27 heavy (non-hydrogen) atoms. The van der Waals surface area contributed by atoms with Gasteiger partial charge in [0.2, 0.25) is 5.91 Å². The molecule has 146 valence electrons. The smallest absolute Gasteiger partial charge is 0.236 e. The molecule has 7 heteroatoms. The van der Waals surface area contributed by atoms with Gasteiger partial charge in [0, 0.05) is 18.0 Å². The van der Waals surface area contributed by atoms with Crippen molar-refractivity contribution < 1.29 is 14.3 Å². The summed E-state index contributed by atoms with van der Waals surface area (Å²) >= 11 is 7.50. The molecular weight excluding hydrogens is 384 g/mol. The number of nitrogens with zero attached hydrogens (tertiary/aromatic N) is 2. The van der Waals surface area contributed by atoms with Crippen molar-refractivity contribution in [1.29, 1.82) is 0 Å². The Bertz CT molecular complexity index is 795. The quantitative estimate of drug-likeness (QED) is 0.688. The summed E-state index contributed by atoms with van der Waals surface area (Å²) in [5, 5.41) is 0. The van der Waals surface area contributed by atoms with Crippen molar-refractivity contribution in [3.8, 4) is 11.5 Å². The van der Waals surface area contributed by atoms with E-state index in [0.29, 0.717) is 13.1 Å². The third kappa shape index (κ3) is 4.75. The van der Waals surface area contributed by atoms with Gasteiger partial charge in [-0.2, -0.15) is 0 Å². The number of thiophene rings is 1. The Balaban J connectivity index is 1.66. The number of amides is 1. The fraction of sp³-hybridized carbons (Fsp3) is 0.450. The Morgan fingerprint density at radius 3 is 2.70 bits per heavy atom. The first-order chi connectivity index (χ1) is 13.0. The normalized spacial score (nSPS) is 17.1. The third-order valence-corrected chi connectivity index (χ3v) is 6.16. The van der Waals surface area contributed by atoms with Crippen LogP contribution in [0.5, 0.6) is 11.5 Å². The van der Waals surface area contributed by atoms with Gasteiger partial charge in [0.25, 0.3) is 0 Å². The van der Waals surface area contributed by atoms with Crippen LogP contribution in [0.1, 0.15) is 29.3 Å². The van der Waals surface area contributed by atoms with E-state index < -0.39 is 0 Å². The number of ether oxygens (including phenoxy) is 2. The predicted octanol–water partition coefficient (Wildman–Crippen LogP) is 4.21. The van der Waals surface area contributed by atoms with E-state index in [1.165, 1.54) is 11.3 Å². The van der Waals surface area contributed by atoms with Gasteiger partial charge >= 0.3 is 0 Å². The van der Waals surface area contributed by atoms with Gasteiger partial charge in [0.1, 0.15) is 0 Å². The molecule has 0 N–H and O–H groups in total. The van der Waals surface area contributed by atoms with E-state index in [-0.39, 0.29) is 11.9 Å². The van der Waals surface area contributed by atoms with Crippen LogP contribution in [-0.2, 0) is 11.3 Å². The number of rotatable bonds is 7. The molecule has 1 aromatic heterocycles. The molecule has 1 aliphatic rings. The molecule has 2 aromatic rings. The first-order valence-electron chi connectivity index (χ1n) is 8.96. The van der Waals surface area contributed by atoms with Crippen LogP contribution in [0.15, 0.2) is 30.3 Å². The summed E-state index contributed by atoms with van der Waals surface area (Å²) < 4.78 is 11.5. The third-order valence-electron chi connectivity index (χ3n) is 4.94. The molecule has 2 heterocycles. The molecule has 0 spiro atoms. The second-order valence-corrected chi connectivity index (χ2v) is 8.50. The molecule has 0 aliphatic carbocycles. The topological polar surface area (TPSA) is 42.0 Å². The first kappa shape index (κ1) is 20.0. The lowest BCUT2D eigenvalue weighted by molar-refractivity contribution is -0.131. The SMILES string of the molecule is COc1ccc(C2CCCN2CC(=O)N(C)Cc2ccc(Cl)s2)cc1OC. The van der Waals surface area contributed by atoms with Crippen molar-refractivity contribution >= 4 is 28.8 Å². The average molecular weight is 409 g/mol. The minimum absolute atomic E-state index is 0.117. The van der Waals surface area contributed by atoms with E-state index in [9.17, 15) is 4.79 Å². The average Bonchev–Trinajstić information content (AvgIpc) is 3.29. The molecule has 1 atom stereocenters. The Labute approximate surface area is 169 Å². The molecule has 0 saturated carbocycles. The Morgan fingerprint density at radius 1 is 1.26 bits per heavy atom. The maximum atomic E-state index is 12.7. The van der Waals surface area contributed by atoms with Crippen LogP contribution in [-0.4, -0.2) is 50.1 Å². The van der Waals surface area contributed by atoms with Gasteiger partial charge in [-0.3, -0.25) is 9.69 Å². The fourth-order valence-electron chi connectivity index (χ4n) is 3.51. The number of hydrogen-bond acceptors (Lipinski definition) is 5. The van der Waals surface area contributed by atoms with Crippen molar-refractivity contribution in [2.75, 3.05) is 34.4 Å². The van der Waals surface area contributed by atoms with Crippen molar-refractivity contribution in [3.05, 3.63) is 45.1 Å². The predicted molar refractivity (Wildman–Crippen MR) is 109 cm³/mol. The highest BCUT2D eigenvalue weighted by atomic mass is 35.5. The molecule has 1 unspecified atom stereocenters. The second kappa shape index (κ2) is 8.95. The van der Waals surface area contributed by atoms with Crippen LogP contribution in [0, 0.1) is 0 Å². The monoisotopic (exact) mass is 408 g/mol. The summed E-state index contributed by atoms with van der Waals surface area (Å²) in [5.41, 5.74) is 1.16. The summed E-state index contributed by atoms with van der Waals surface area (Å²) in [6.07, 6.45) is 2.11. The lowest BCUT2D eigenvalue weighted by Crippen LogP contribution is -2.37. The molecule has 1 amide bonds. The highest BCUT2D eigenvalue weighted by Crippen LogP contribution is 2.36. The summed E-state index contributed by atoms with van der Waals surface area (Å²) in [6.45, 7) is 1.92. The zero-order chi connectivity index (χ0) is 19.4. The van der Waals surface area contributed by atoms with Crippen molar-refractivity contribution in [2.45, 2.75) is 25.4 Å². The largest absolute Gasteiger partial charge is 0.493 e. The van der Waals surface area contributed by atoms with E-state index in [0.717, 1.165) is 45.7 Å². The van der Waals surface area contributed by atoms with E-state index >= 15 is 0 Å². The lowest BCUT2D eigenvalue weighted by atomic mass is 10.0. The summed E-state index contributed by atoms with van der Waals surface area (Å²) in [6, 6.07) is 10.1. The molecule has 1 saturated heterocycles. The lowest BCUT2D eigenvalue weighted by Gasteiger charge is -2.27. The van der Waals surface area contributed by atoms with Gasteiger partial charge in [-0.1, -0.05) is 17.7 Å². The van der Waals surface area contributed by atoms with Crippen LogP contribution in [0.4, 0.5) is 0 Å². The van der Waals surface area contributed by atoms with Gasteiger partial charge in [0.05, 0.1) is 31.6 Å². The van der Waals surface area contributed by atoms with Crippen LogP contribution in [0.3, 0.4) is 0 Å². The van der Waals surface area contributed by atoms with Gasteiger partial charge in [0.15, 0.2) is 11.5 Å². The molecule has 1 aliphatic heterocycles. The minimum atomic E-state index is 0.117. The number of likely N-dealkylation sites (N-methyl/N-ethyl adjacent to an activating group) is 1. The summed E-state index contributed by atoms with van der Waals surface area (Å²) in [4.78, 5) is 17.8. The first-order valence-corrected chi connectivity index (χ1v) is 10.2. The zero-order valence-electron chi connectivity index (χ0n) is 15.9. The zero-order valence-corrected chi connectivity index (χ0v) is 17.5. The van der Waals surface area contributed by atoms with Crippen LogP contribution in [0.25, 0.3) is 0 Å². The second-order valence-electron chi connectivity index (χ2n) is 6.70. The fourth-order valence-corrected chi connectivity index (χ4v) is 4.65. The van der Waals surface area contributed by atoms with Gasteiger partial charge < -0.3 is 14.4 Å². The number of benzene rings is 1. The number of hydrogen-bond donors (Lipinski definition) is 0. The van der Waals surface area contributed by atoms with Crippen molar-refractivity contribution in [3.63, 3.8) is 0 Å². The summed E-state index contributed by atoms with van der Waals surface area (Å²) in [7, 11) is 5.12. The van der Waals surface area contributed by atoms with E-state index in [1.54, 1.807) is 19.1 Å². The van der Waals surface area contributed by atoms with Crippen molar-refractivity contribution in [2.24, 2.45) is 0 Å². The Hall–Kier alpha value is -1.76. The maximum Gasteiger partial charge on any atom is 0.236 e.